The molecule has 1 fully saturated rings. The molecule has 126 valence electrons. The van der Waals surface area contributed by atoms with E-state index in [-0.39, 0.29) is 12.5 Å². The fourth-order valence-corrected chi connectivity index (χ4v) is 2.69. The number of hydrogen-bond acceptors (Lipinski definition) is 4. The summed E-state index contributed by atoms with van der Waals surface area (Å²) in [5.74, 6) is -0.179. The molecule has 1 atom stereocenters. The van der Waals surface area contributed by atoms with Gasteiger partial charge in [0.25, 0.3) is 0 Å². The van der Waals surface area contributed by atoms with Crippen LogP contribution in [0, 0.1) is 11.3 Å². The number of alkyl carbamates (subject to hydrolysis) is 1. The number of carbonyl (C=O) groups is 2. The second-order valence-electron chi connectivity index (χ2n) is 5.70. The normalized spacial score (nSPS) is 16.4. The van der Waals surface area contributed by atoms with Gasteiger partial charge in [0.15, 0.2) is 0 Å². The quantitative estimate of drug-likeness (QED) is 0.931. The zero-order valence-corrected chi connectivity index (χ0v) is 13.5. The van der Waals surface area contributed by atoms with Crippen molar-refractivity contribution in [3.8, 4) is 6.07 Å². The third-order valence-corrected chi connectivity index (χ3v) is 4.02. The number of anilines is 1. The van der Waals surface area contributed by atoms with Crippen molar-refractivity contribution in [2.75, 3.05) is 11.4 Å². The summed E-state index contributed by atoms with van der Waals surface area (Å²) in [5.41, 5.74) is 2.13. The van der Waals surface area contributed by atoms with Gasteiger partial charge >= 0.3 is 6.09 Å². The highest BCUT2D eigenvalue weighted by atomic mass is 16.5. The molecule has 2 aromatic carbocycles. The molecule has 1 heterocycles. The van der Waals surface area contributed by atoms with Crippen LogP contribution in [-0.2, 0) is 16.1 Å². The van der Waals surface area contributed by atoms with Gasteiger partial charge in [0, 0.05) is 12.2 Å². The molecule has 6 heteroatoms. The lowest BCUT2D eigenvalue weighted by atomic mass is 10.2. The number of hydrogen-bond donors (Lipinski definition) is 1. The molecular formula is C19H17N3O3. The maximum Gasteiger partial charge on any atom is 0.408 e. The SMILES string of the molecule is N#Cc1ccc(N2CC[C@H](NC(=O)OCc3ccccc3)C2=O)cc1. The number of rotatable bonds is 4. The number of nitrogens with zero attached hydrogens (tertiary/aromatic N) is 2. The Labute approximate surface area is 145 Å². The third-order valence-electron chi connectivity index (χ3n) is 4.02. The van der Waals surface area contributed by atoms with Gasteiger partial charge in [-0.3, -0.25) is 4.79 Å². The minimum atomic E-state index is -0.608. The molecular weight excluding hydrogens is 318 g/mol. The molecule has 3 rings (SSSR count). The first-order valence-corrected chi connectivity index (χ1v) is 7.96. The number of benzene rings is 2. The predicted octanol–water partition coefficient (Wildman–Crippen LogP) is 2.59. The Morgan fingerprint density at radius 2 is 1.92 bits per heavy atom. The lowest BCUT2D eigenvalue weighted by molar-refractivity contribution is -0.118. The molecule has 0 aromatic heterocycles. The van der Waals surface area contributed by atoms with Crippen LogP contribution in [0.25, 0.3) is 0 Å². The summed E-state index contributed by atoms with van der Waals surface area (Å²) in [6.07, 6.45) is -0.0944. The van der Waals surface area contributed by atoms with Crippen molar-refractivity contribution in [3.63, 3.8) is 0 Å². The largest absolute Gasteiger partial charge is 0.445 e. The van der Waals surface area contributed by atoms with Gasteiger partial charge in [-0.2, -0.15) is 5.26 Å². The van der Waals surface area contributed by atoms with Crippen LogP contribution >= 0.6 is 0 Å². The summed E-state index contributed by atoms with van der Waals surface area (Å²) in [6.45, 7) is 0.668. The highest BCUT2D eigenvalue weighted by Crippen LogP contribution is 2.22. The minimum absolute atomic E-state index is 0.160. The van der Waals surface area contributed by atoms with Gasteiger partial charge in [-0.15, -0.1) is 0 Å². The van der Waals surface area contributed by atoms with E-state index in [2.05, 4.69) is 5.32 Å². The molecule has 1 aliphatic heterocycles. The summed E-state index contributed by atoms with van der Waals surface area (Å²) in [4.78, 5) is 26.0. The first-order chi connectivity index (χ1) is 12.2. The topological polar surface area (TPSA) is 82.4 Å². The molecule has 25 heavy (non-hydrogen) atoms. The Balaban J connectivity index is 1.54. The van der Waals surface area contributed by atoms with Gasteiger partial charge in [0.2, 0.25) is 5.91 Å². The van der Waals surface area contributed by atoms with Gasteiger partial charge in [-0.1, -0.05) is 30.3 Å². The van der Waals surface area contributed by atoms with Gasteiger partial charge in [-0.05, 0) is 36.2 Å². The number of nitrogens with one attached hydrogen (secondary N) is 1. The van der Waals surface area contributed by atoms with E-state index in [0.717, 1.165) is 5.56 Å². The maximum atomic E-state index is 12.5. The molecule has 6 nitrogen and oxygen atoms in total. The van der Waals surface area contributed by atoms with E-state index >= 15 is 0 Å². The maximum absolute atomic E-state index is 12.5. The van der Waals surface area contributed by atoms with Crippen LogP contribution in [0.3, 0.4) is 0 Å². The van der Waals surface area contributed by atoms with Crippen molar-refractivity contribution >= 4 is 17.7 Å². The fraction of sp³-hybridized carbons (Fsp3) is 0.211. The second-order valence-corrected chi connectivity index (χ2v) is 5.70. The molecule has 0 spiro atoms. The number of carbonyl (C=O) groups excluding carboxylic acids is 2. The van der Waals surface area contributed by atoms with E-state index in [4.69, 9.17) is 10.00 Å². The van der Waals surface area contributed by atoms with Crippen LogP contribution in [0.5, 0.6) is 0 Å². The smallest absolute Gasteiger partial charge is 0.408 e. The van der Waals surface area contributed by atoms with E-state index in [0.29, 0.717) is 24.2 Å². The number of amides is 2. The molecule has 1 N–H and O–H groups in total. The summed E-state index contributed by atoms with van der Waals surface area (Å²) < 4.78 is 5.15. The van der Waals surface area contributed by atoms with Gasteiger partial charge < -0.3 is 15.0 Å². The highest BCUT2D eigenvalue weighted by Gasteiger charge is 2.33. The van der Waals surface area contributed by atoms with E-state index in [9.17, 15) is 9.59 Å². The van der Waals surface area contributed by atoms with Crippen LogP contribution in [0.1, 0.15) is 17.5 Å². The first-order valence-electron chi connectivity index (χ1n) is 7.96. The monoisotopic (exact) mass is 335 g/mol. The molecule has 0 saturated carbocycles. The van der Waals surface area contributed by atoms with Crippen LogP contribution < -0.4 is 10.2 Å². The second kappa shape index (κ2) is 7.49. The van der Waals surface area contributed by atoms with Crippen LogP contribution in [0.2, 0.25) is 0 Å². The Morgan fingerprint density at radius 1 is 1.20 bits per heavy atom. The van der Waals surface area contributed by atoms with Gasteiger partial charge in [-0.25, -0.2) is 4.79 Å². The number of nitriles is 1. The standard InChI is InChI=1S/C19H17N3O3/c20-12-14-6-8-16(9-7-14)22-11-10-17(18(22)23)21-19(24)25-13-15-4-2-1-3-5-15/h1-9,17H,10-11,13H2,(H,21,24)/t17-/m0/s1. The van der Waals surface area contributed by atoms with Crippen LogP contribution in [0.4, 0.5) is 10.5 Å². The molecule has 2 aromatic rings. The van der Waals surface area contributed by atoms with Crippen molar-refractivity contribution in [2.24, 2.45) is 0 Å². The molecule has 0 unspecified atom stereocenters. The molecule has 0 radical (unpaired) electrons. The lowest BCUT2D eigenvalue weighted by Crippen LogP contribution is -2.41. The Morgan fingerprint density at radius 3 is 2.60 bits per heavy atom. The number of ether oxygens (including phenoxy) is 1. The van der Waals surface area contributed by atoms with Gasteiger partial charge in [0.1, 0.15) is 12.6 Å². The third kappa shape index (κ3) is 3.96. The van der Waals surface area contributed by atoms with Crippen molar-refractivity contribution in [2.45, 2.75) is 19.1 Å². The van der Waals surface area contributed by atoms with E-state index in [1.54, 1.807) is 29.2 Å². The van der Waals surface area contributed by atoms with Crippen LogP contribution in [0.15, 0.2) is 54.6 Å². The van der Waals surface area contributed by atoms with E-state index < -0.39 is 12.1 Å². The minimum Gasteiger partial charge on any atom is -0.445 e. The highest BCUT2D eigenvalue weighted by molar-refractivity contribution is 6.00. The lowest BCUT2D eigenvalue weighted by Gasteiger charge is -2.17. The zero-order chi connectivity index (χ0) is 17.6. The fourth-order valence-electron chi connectivity index (χ4n) is 2.69. The average molecular weight is 335 g/mol. The zero-order valence-electron chi connectivity index (χ0n) is 13.5. The summed E-state index contributed by atoms with van der Waals surface area (Å²) in [7, 11) is 0. The Kier molecular flexibility index (Phi) is 4.95. The molecule has 1 saturated heterocycles. The molecule has 2 amide bonds. The van der Waals surface area contributed by atoms with E-state index in [1.807, 2.05) is 36.4 Å². The van der Waals surface area contributed by atoms with Crippen LogP contribution in [-0.4, -0.2) is 24.6 Å². The van der Waals surface area contributed by atoms with Crippen molar-refractivity contribution in [1.29, 1.82) is 5.26 Å². The summed E-state index contributed by atoms with van der Waals surface area (Å²) in [6, 6.07) is 17.6. The van der Waals surface area contributed by atoms with Crippen molar-refractivity contribution in [1.82, 2.24) is 5.32 Å². The Bertz CT molecular complexity index is 797. The first kappa shape index (κ1) is 16.5. The van der Waals surface area contributed by atoms with Crippen molar-refractivity contribution < 1.29 is 14.3 Å². The Hall–Kier alpha value is -3.33. The molecule has 1 aliphatic rings. The van der Waals surface area contributed by atoms with Crippen molar-refractivity contribution in [3.05, 3.63) is 65.7 Å². The van der Waals surface area contributed by atoms with Gasteiger partial charge in [0.05, 0.1) is 11.6 Å². The molecule has 0 aliphatic carbocycles. The predicted molar refractivity (Wildman–Crippen MR) is 91.7 cm³/mol. The summed E-state index contributed by atoms with van der Waals surface area (Å²) in [5, 5.41) is 11.4. The summed E-state index contributed by atoms with van der Waals surface area (Å²) >= 11 is 0. The van der Waals surface area contributed by atoms with E-state index in [1.165, 1.54) is 0 Å². The molecule has 0 bridgehead atoms. The average Bonchev–Trinajstić information content (AvgIpc) is 3.01.